The lowest BCUT2D eigenvalue weighted by atomic mass is 10.0. The minimum absolute atomic E-state index is 0.0112. The van der Waals surface area contributed by atoms with E-state index in [1.54, 1.807) is 0 Å². The van der Waals surface area contributed by atoms with Gasteiger partial charge in [0.2, 0.25) is 0 Å². The zero-order valence-electron chi connectivity index (χ0n) is 15.1. The minimum atomic E-state index is -0.565. The van der Waals surface area contributed by atoms with Gasteiger partial charge in [0.05, 0.1) is 0 Å². The number of fused-ring (bicyclic) bond motifs is 1. The predicted molar refractivity (Wildman–Crippen MR) is 101 cm³/mol. The smallest absolute Gasteiger partial charge is 0.378 e. The normalized spacial score (nSPS) is 10.9. The Morgan fingerprint density at radius 3 is 2.41 bits per heavy atom. The number of carbonyl (C=O) groups excluding carboxylic acids is 1. The zero-order chi connectivity index (χ0) is 18.8. The molecule has 134 valence electrons. The molecule has 2 aromatic carbocycles. The SMILES string of the molecule is Cc1cc(C)n2nc(C(=O)OCc3ccc(-c4ccccc4)cc3)nc2n1. The van der Waals surface area contributed by atoms with Crippen molar-refractivity contribution in [1.82, 2.24) is 19.6 Å². The number of rotatable bonds is 4. The van der Waals surface area contributed by atoms with Crippen LogP contribution in [0.2, 0.25) is 0 Å². The summed E-state index contributed by atoms with van der Waals surface area (Å²) in [6.07, 6.45) is 0. The lowest BCUT2D eigenvalue weighted by Crippen LogP contribution is -2.07. The number of aryl methyl sites for hydroxylation is 2. The van der Waals surface area contributed by atoms with E-state index in [1.165, 1.54) is 4.52 Å². The summed E-state index contributed by atoms with van der Waals surface area (Å²) >= 11 is 0. The Morgan fingerprint density at radius 1 is 0.963 bits per heavy atom. The summed E-state index contributed by atoms with van der Waals surface area (Å²) in [7, 11) is 0. The summed E-state index contributed by atoms with van der Waals surface area (Å²) < 4.78 is 6.89. The van der Waals surface area contributed by atoms with Crippen molar-refractivity contribution < 1.29 is 9.53 Å². The Morgan fingerprint density at radius 2 is 1.67 bits per heavy atom. The van der Waals surface area contributed by atoms with Crippen LogP contribution in [0.15, 0.2) is 60.7 Å². The molecule has 27 heavy (non-hydrogen) atoms. The van der Waals surface area contributed by atoms with Gasteiger partial charge < -0.3 is 4.74 Å². The van der Waals surface area contributed by atoms with E-state index in [9.17, 15) is 4.79 Å². The van der Waals surface area contributed by atoms with Gasteiger partial charge in [0.1, 0.15) is 6.61 Å². The van der Waals surface area contributed by atoms with Gasteiger partial charge in [-0.05, 0) is 36.6 Å². The van der Waals surface area contributed by atoms with Crippen molar-refractivity contribution in [3.63, 3.8) is 0 Å². The summed E-state index contributed by atoms with van der Waals surface area (Å²) in [5.74, 6) is -0.159. The van der Waals surface area contributed by atoms with Gasteiger partial charge in [0.25, 0.3) is 11.6 Å². The maximum atomic E-state index is 12.3. The maximum Gasteiger partial charge on any atom is 0.378 e. The second kappa shape index (κ2) is 6.99. The third kappa shape index (κ3) is 3.55. The third-order valence-electron chi connectivity index (χ3n) is 4.23. The van der Waals surface area contributed by atoms with Crippen molar-refractivity contribution in [2.45, 2.75) is 20.5 Å². The molecule has 4 aromatic rings. The molecular formula is C21H18N4O2. The van der Waals surface area contributed by atoms with Gasteiger partial charge in [0, 0.05) is 11.4 Å². The van der Waals surface area contributed by atoms with Crippen LogP contribution in [-0.4, -0.2) is 25.6 Å². The molecular weight excluding hydrogens is 340 g/mol. The van der Waals surface area contributed by atoms with Crippen LogP contribution in [-0.2, 0) is 11.3 Å². The van der Waals surface area contributed by atoms with Gasteiger partial charge in [-0.3, -0.25) is 0 Å². The highest BCUT2D eigenvalue weighted by atomic mass is 16.5. The third-order valence-corrected chi connectivity index (χ3v) is 4.23. The van der Waals surface area contributed by atoms with E-state index in [1.807, 2.05) is 62.4 Å². The molecule has 2 aromatic heterocycles. The van der Waals surface area contributed by atoms with Crippen LogP contribution in [0.5, 0.6) is 0 Å². The van der Waals surface area contributed by atoms with Crippen molar-refractivity contribution in [3.05, 3.63) is 83.4 Å². The van der Waals surface area contributed by atoms with Crippen molar-refractivity contribution in [2.75, 3.05) is 0 Å². The van der Waals surface area contributed by atoms with E-state index in [2.05, 4.69) is 27.2 Å². The Hall–Kier alpha value is -3.54. The molecule has 0 aliphatic carbocycles. The standard InChI is InChI=1S/C21H18N4O2/c1-14-12-15(2)25-21(22-14)23-19(24-25)20(26)27-13-16-8-10-18(11-9-16)17-6-4-3-5-7-17/h3-12H,13H2,1-2H3. The molecule has 0 aliphatic heterocycles. The lowest BCUT2D eigenvalue weighted by molar-refractivity contribution is 0.0458. The van der Waals surface area contributed by atoms with Crippen LogP contribution in [0.3, 0.4) is 0 Å². The fourth-order valence-corrected chi connectivity index (χ4v) is 2.89. The summed E-state index contributed by atoms with van der Waals surface area (Å²) in [5.41, 5.74) is 4.85. The van der Waals surface area contributed by atoms with E-state index < -0.39 is 5.97 Å². The molecule has 0 amide bonds. The Balaban J connectivity index is 1.45. The average Bonchev–Trinajstić information content (AvgIpc) is 3.12. The van der Waals surface area contributed by atoms with Crippen LogP contribution in [0, 0.1) is 13.8 Å². The number of hydrogen-bond acceptors (Lipinski definition) is 5. The van der Waals surface area contributed by atoms with E-state index >= 15 is 0 Å². The van der Waals surface area contributed by atoms with Crippen molar-refractivity contribution in [2.24, 2.45) is 0 Å². The molecule has 0 bridgehead atoms. The van der Waals surface area contributed by atoms with E-state index in [4.69, 9.17) is 4.74 Å². The lowest BCUT2D eigenvalue weighted by Gasteiger charge is -2.05. The molecule has 0 radical (unpaired) electrons. The van der Waals surface area contributed by atoms with Gasteiger partial charge in [-0.25, -0.2) is 14.3 Å². The minimum Gasteiger partial charge on any atom is -0.455 e. The van der Waals surface area contributed by atoms with Crippen LogP contribution in [0.1, 0.15) is 27.6 Å². The first-order chi connectivity index (χ1) is 13.1. The van der Waals surface area contributed by atoms with Crippen molar-refractivity contribution in [1.29, 1.82) is 0 Å². The van der Waals surface area contributed by atoms with Gasteiger partial charge in [-0.2, -0.15) is 4.98 Å². The number of hydrogen-bond donors (Lipinski definition) is 0. The molecule has 0 atom stereocenters. The van der Waals surface area contributed by atoms with Crippen LogP contribution < -0.4 is 0 Å². The van der Waals surface area contributed by atoms with Crippen LogP contribution in [0.25, 0.3) is 16.9 Å². The number of ether oxygens (including phenoxy) is 1. The molecule has 0 aliphatic rings. The molecule has 6 nitrogen and oxygen atoms in total. The summed E-state index contributed by atoms with van der Waals surface area (Å²) in [4.78, 5) is 20.7. The number of carbonyl (C=O) groups is 1. The van der Waals surface area contributed by atoms with Gasteiger partial charge in [-0.15, -0.1) is 5.10 Å². The van der Waals surface area contributed by atoms with E-state index in [-0.39, 0.29) is 12.4 Å². The topological polar surface area (TPSA) is 69.4 Å². The Bertz CT molecular complexity index is 1100. The Kier molecular flexibility index (Phi) is 4.38. The highest BCUT2D eigenvalue weighted by Crippen LogP contribution is 2.19. The molecule has 2 heterocycles. The second-order valence-electron chi connectivity index (χ2n) is 6.33. The quantitative estimate of drug-likeness (QED) is 0.520. The highest BCUT2D eigenvalue weighted by molar-refractivity contribution is 5.85. The number of aromatic nitrogens is 4. The van der Waals surface area contributed by atoms with Gasteiger partial charge in [0.15, 0.2) is 0 Å². The Labute approximate surface area is 156 Å². The van der Waals surface area contributed by atoms with Gasteiger partial charge in [-0.1, -0.05) is 54.6 Å². The monoisotopic (exact) mass is 358 g/mol. The number of nitrogens with zero attached hydrogens (tertiary/aromatic N) is 4. The van der Waals surface area contributed by atoms with Crippen LogP contribution >= 0.6 is 0 Å². The molecule has 6 heteroatoms. The fourth-order valence-electron chi connectivity index (χ4n) is 2.89. The maximum absolute atomic E-state index is 12.3. The molecule has 0 saturated heterocycles. The molecule has 0 fully saturated rings. The molecule has 0 saturated carbocycles. The van der Waals surface area contributed by atoms with Crippen molar-refractivity contribution in [3.8, 4) is 11.1 Å². The zero-order valence-corrected chi connectivity index (χ0v) is 15.1. The number of benzene rings is 2. The molecule has 0 unspecified atom stereocenters. The summed E-state index contributed by atoms with van der Waals surface area (Å²) in [6.45, 7) is 3.92. The second-order valence-corrected chi connectivity index (χ2v) is 6.33. The fraction of sp³-hybridized carbons (Fsp3) is 0.143. The van der Waals surface area contributed by atoms with Gasteiger partial charge >= 0.3 is 5.97 Å². The molecule has 4 rings (SSSR count). The predicted octanol–water partition coefficient (Wildman–Crippen LogP) is 3.77. The number of esters is 1. The van der Waals surface area contributed by atoms with Crippen LogP contribution in [0.4, 0.5) is 0 Å². The average molecular weight is 358 g/mol. The molecule has 0 spiro atoms. The molecule has 0 N–H and O–H groups in total. The first-order valence-corrected chi connectivity index (χ1v) is 8.63. The summed E-state index contributed by atoms with van der Waals surface area (Å²) in [6, 6.07) is 19.9. The van der Waals surface area contributed by atoms with E-state index in [0.717, 1.165) is 28.1 Å². The first kappa shape index (κ1) is 16.9. The summed E-state index contributed by atoms with van der Waals surface area (Å²) in [5, 5.41) is 4.19. The van der Waals surface area contributed by atoms with Crippen molar-refractivity contribution >= 4 is 11.7 Å². The van der Waals surface area contributed by atoms with E-state index in [0.29, 0.717) is 5.78 Å². The largest absolute Gasteiger partial charge is 0.455 e. The highest BCUT2D eigenvalue weighted by Gasteiger charge is 2.16. The first-order valence-electron chi connectivity index (χ1n) is 8.63.